The molecule has 90 valence electrons. The van der Waals surface area contributed by atoms with E-state index in [2.05, 4.69) is 25.5 Å². The minimum absolute atomic E-state index is 0.177. The van der Waals surface area contributed by atoms with E-state index < -0.39 is 0 Å². The molecule has 0 saturated heterocycles. The van der Waals surface area contributed by atoms with E-state index >= 15 is 0 Å². The molecule has 0 aliphatic carbocycles. The number of nitrogens with two attached hydrogens (primary N) is 1. The highest BCUT2D eigenvalue weighted by Gasteiger charge is 2.04. The SMILES string of the molecule is COc1cc(NCc2cn[nH]c2C)nc(N)n1. The van der Waals surface area contributed by atoms with Crippen LogP contribution in [0.4, 0.5) is 11.8 Å². The number of ether oxygens (including phenoxy) is 1. The van der Waals surface area contributed by atoms with Crippen LogP contribution in [0.1, 0.15) is 11.3 Å². The Balaban J connectivity index is 2.09. The molecule has 7 heteroatoms. The summed E-state index contributed by atoms with van der Waals surface area (Å²) in [6.45, 7) is 2.57. The third-order valence-electron chi connectivity index (χ3n) is 2.32. The van der Waals surface area contributed by atoms with E-state index in [0.717, 1.165) is 11.3 Å². The predicted molar refractivity (Wildman–Crippen MR) is 63.6 cm³/mol. The molecular formula is C10H14N6O. The van der Waals surface area contributed by atoms with E-state index in [1.807, 2.05) is 6.92 Å². The summed E-state index contributed by atoms with van der Waals surface area (Å²) in [7, 11) is 1.53. The Morgan fingerprint density at radius 2 is 2.29 bits per heavy atom. The maximum absolute atomic E-state index is 5.55. The fraction of sp³-hybridized carbons (Fsp3) is 0.300. The van der Waals surface area contributed by atoms with E-state index in [1.165, 1.54) is 7.11 Å². The van der Waals surface area contributed by atoms with Gasteiger partial charge < -0.3 is 15.8 Å². The summed E-state index contributed by atoms with van der Waals surface area (Å²) >= 11 is 0. The van der Waals surface area contributed by atoms with E-state index in [0.29, 0.717) is 18.2 Å². The van der Waals surface area contributed by atoms with Gasteiger partial charge in [0, 0.05) is 23.9 Å². The van der Waals surface area contributed by atoms with Crippen LogP contribution in [0.25, 0.3) is 0 Å². The van der Waals surface area contributed by atoms with Crippen molar-refractivity contribution in [2.75, 3.05) is 18.2 Å². The average Bonchev–Trinajstić information content (AvgIpc) is 2.71. The first-order valence-corrected chi connectivity index (χ1v) is 5.10. The van der Waals surface area contributed by atoms with Gasteiger partial charge in [0.1, 0.15) is 5.82 Å². The van der Waals surface area contributed by atoms with Crippen molar-refractivity contribution >= 4 is 11.8 Å². The third-order valence-corrected chi connectivity index (χ3v) is 2.32. The average molecular weight is 234 g/mol. The highest BCUT2D eigenvalue weighted by atomic mass is 16.5. The predicted octanol–water partition coefficient (Wildman–Crippen LogP) is 0.711. The molecule has 2 heterocycles. The summed E-state index contributed by atoms with van der Waals surface area (Å²) in [4.78, 5) is 7.96. The van der Waals surface area contributed by atoms with Crippen LogP contribution >= 0.6 is 0 Å². The summed E-state index contributed by atoms with van der Waals surface area (Å²) in [5.74, 6) is 1.23. The van der Waals surface area contributed by atoms with Gasteiger partial charge in [-0.2, -0.15) is 15.1 Å². The monoisotopic (exact) mass is 234 g/mol. The van der Waals surface area contributed by atoms with Gasteiger partial charge in [0.05, 0.1) is 13.3 Å². The van der Waals surface area contributed by atoms with Crippen LogP contribution in [0.2, 0.25) is 0 Å². The van der Waals surface area contributed by atoms with Crippen molar-refractivity contribution in [1.82, 2.24) is 20.2 Å². The van der Waals surface area contributed by atoms with Crippen LogP contribution in [-0.2, 0) is 6.54 Å². The Labute approximate surface area is 98.4 Å². The first kappa shape index (κ1) is 11.2. The fourth-order valence-corrected chi connectivity index (χ4v) is 1.38. The number of anilines is 2. The van der Waals surface area contributed by atoms with Gasteiger partial charge >= 0.3 is 0 Å². The summed E-state index contributed by atoms with van der Waals surface area (Å²) in [6, 6.07) is 1.69. The number of nitrogen functional groups attached to an aromatic ring is 1. The van der Waals surface area contributed by atoms with Gasteiger partial charge in [0.15, 0.2) is 0 Å². The zero-order valence-electron chi connectivity index (χ0n) is 9.69. The molecule has 2 rings (SSSR count). The lowest BCUT2D eigenvalue weighted by atomic mass is 10.2. The molecule has 0 aromatic carbocycles. The topological polar surface area (TPSA) is 102 Å². The smallest absolute Gasteiger partial charge is 0.225 e. The van der Waals surface area contributed by atoms with E-state index in [4.69, 9.17) is 10.5 Å². The Kier molecular flexibility index (Phi) is 3.08. The quantitative estimate of drug-likeness (QED) is 0.720. The van der Waals surface area contributed by atoms with Crippen molar-refractivity contribution in [2.45, 2.75) is 13.5 Å². The molecule has 2 aromatic rings. The molecule has 0 bridgehead atoms. The first-order valence-electron chi connectivity index (χ1n) is 5.10. The number of nitrogens with zero attached hydrogens (tertiary/aromatic N) is 3. The third kappa shape index (κ3) is 2.63. The number of aromatic amines is 1. The number of rotatable bonds is 4. The number of H-pyrrole nitrogens is 1. The minimum atomic E-state index is 0.177. The van der Waals surface area contributed by atoms with E-state index in [9.17, 15) is 0 Å². The Bertz CT molecular complexity index is 509. The zero-order valence-corrected chi connectivity index (χ0v) is 9.69. The van der Waals surface area contributed by atoms with Gasteiger partial charge in [0.25, 0.3) is 0 Å². The van der Waals surface area contributed by atoms with Gasteiger partial charge in [-0.05, 0) is 6.92 Å². The largest absolute Gasteiger partial charge is 0.481 e. The molecule has 0 aliphatic rings. The number of hydrogen-bond donors (Lipinski definition) is 3. The zero-order chi connectivity index (χ0) is 12.3. The van der Waals surface area contributed by atoms with Crippen LogP contribution in [0.3, 0.4) is 0 Å². The highest BCUT2D eigenvalue weighted by Crippen LogP contribution is 2.15. The second kappa shape index (κ2) is 4.69. The van der Waals surface area contributed by atoms with Crippen LogP contribution in [0.15, 0.2) is 12.3 Å². The molecule has 2 aromatic heterocycles. The van der Waals surface area contributed by atoms with Crippen LogP contribution < -0.4 is 15.8 Å². The summed E-state index contributed by atoms with van der Waals surface area (Å²) in [5.41, 5.74) is 7.64. The van der Waals surface area contributed by atoms with Crippen LogP contribution in [0, 0.1) is 6.92 Å². The van der Waals surface area contributed by atoms with Gasteiger partial charge in [0.2, 0.25) is 11.8 Å². The first-order chi connectivity index (χ1) is 8.19. The molecule has 4 N–H and O–H groups in total. The molecule has 0 atom stereocenters. The molecule has 0 unspecified atom stereocenters. The van der Waals surface area contributed by atoms with Crippen molar-refractivity contribution in [2.24, 2.45) is 0 Å². The maximum Gasteiger partial charge on any atom is 0.225 e. The minimum Gasteiger partial charge on any atom is -0.481 e. The lowest BCUT2D eigenvalue weighted by Crippen LogP contribution is -2.05. The van der Waals surface area contributed by atoms with Gasteiger partial charge in [-0.3, -0.25) is 5.10 Å². The molecule has 0 aliphatic heterocycles. The number of nitrogens with one attached hydrogen (secondary N) is 2. The second-order valence-electron chi connectivity index (χ2n) is 3.53. The standard InChI is InChI=1S/C10H14N6O/c1-6-7(5-13-16-6)4-12-8-3-9(17-2)15-10(11)14-8/h3,5H,4H2,1-2H3,(H,13,16)(H3,11,12,14,15). The van der Waals surface area contributed by atoms with Crippen molar-refractivity contribution in [1.29, 1.82) is 0 Å². The van der Waals surface area contributed by atoms with Crippen molar-refractivity contribution < 1.29 is 4.74 Å². The Hall–Kier alpha value is -2.31. The number of aryl methyl sites for hydroxylation is 1. The number of aromatic nitrogens is 4. The lowest BCUT2D eigenvalue weighted by Gasteiger charge is -2.07. The molecular weight excluding hydrogens is 220 g/mol. The van der Waals surface area contributed by atoms with Crippen LogP contribution in [0.5, 0.6) is 5.88 Å². The van der Waals surface area contributed by atoms with Crippen molar-refractivity contribution in [3.63, 3.8) is 0 Å². The van der Waals surface area contributed by atoms with Gasteiger partial charge in [-0.15, -0.1) is 0 Å². The molecule has 7 nitrogen and oxygen atoms in total. The van der Waals surface area contributed by atoms with Crippen molar-refractivity contribution in [3.8, 4) is 5.88 Å². The second-order valence-corrected chi connectivity index (χ2v) is 3.53. The van der Waals surface area contributed by atoms with Crippen LogP contribution in [-0.4, -0.2) is 27.3 Å². The summed E-state index contributed by atoms with van der Waals surface area (Å²) < 4.78 is 5.01. The molecule has 0 fully saturated rings. The number of methoxy groups -OCH3 is 1. The highest BCUT2D eigenvalue weighted by molar-refractivity contribution is 5.43. The molecule has 0 saturated carbocycles. The summed E-state index contributed by atoms with van der Waals surface area (Å²) in [6.07, 6.45) is 1.77. The van der Waals surface area contributed by atoms with Gasteiger partial charge in [-0.25, -0.2) is 0 Å². The number of hydrogen-bond acceptors (Lipinski definition) is 6. The molecule has 0 radical (unpaired) electrons. The molecule has 0 spiro atoms. The molecule has 17 heavy (non-hydrogen) atoms. The van der Waals surface area contributed by atoms with E-state index in [1.54, 1.807) is 12.3 Å². The normalized spacial score (nSPS) is 10.2. The van der Waals surface area contributed by atoms with E-state index in [-0.39, 0.29) is 5.95 Å². The molecule has 0 amide bonds. The Morgan fingerprint density at radius 1 is 1.47 bits per heavy atom. The fourth-order valence-electron chi connectivity index (χ4n) is 1.38. The van der Waals surface area contributed by atoms with Gasteiger partial charge in [-0.1, -0.05) is 0 Å². The lowest BCUT2D eigenvalue weighted by molar-refractivity contribution is 0.398. The van der Waals surface area contributed by atoms with Crippen molar-refractivity contribution in [3.05, 3.63) is 23.5 Å². The maximum atomic E-state index is 5.55. The summed E-state index contributed by atoms with van der Waals surface area (Å²) in [5, 5.41) is 9.94. The Morgan fingerprint density at radius 3 is 2.94 bits per heavy atom.